The number of amides is 2. The smallest absolute Gasteiger partial charge is 0.229 e. The van der Waals surface area contributed by atoms with Gasteiger partial charge in [-0.05, 0) is 11.5 Å². The molecular formula is C10H16N2O2. The highest BCUT2D eigenvalue weighted by atomic mass is 16.2. The van der Waals surface area contributed by atoms with Crippen molar-refractivity contribution in [2.45, 2.75) is 19.8 Å². The number of carbonyl (C=O) groups excluding carboxylic acids is 2. The molecule has 0 saturated carbocycles. The number of hydrogen-bond donors (Lipinski definition) is 1. The second kappa shape index (κ2) is 4.37. The van der Waals surface area contributed by atoms with Gasteiger partial charge < -0.3 is 5.73 Å². The Morgan fingerprint density at radius 2 is 2.00 bits per heavy atom. The predicted octanol–water partition coefficient (Wildman–Crippen LogP) is 0.286. The van der Waals surface area contributed by atoms with Gasteiger partial charge in [0.1, 0.15) is 0 Å². The molecule has 4 nitrogen and oxygen atoms in total. The molecule has 1 rings (SSSR count). The molecular weight excluding hydrogens is 180 g/mol. The third-order valence-electron chi connectivity index (χ3n) is 2.32. The van der Waals surface area contributed by atoms with Gasteiger partial charge in [0.2, 0.25) is 11.8 Å². The number of piperidine rings is 1. The van der Waals surface area contributed by atoms with Crippen LogP contribution in [0.3, 0.4) is 0 Å². The van der Waals surface area contributed by atoms with Crippen LogP contribution in [-0.4, -0.2) is 29.8 Å². The summed E-state index contributed by atoms with van der Waals surface area (Å²) in [4.78, 5) is 24.2. The van der Waals surface area contributed by atoms with Crippen molar-refractivity contribution in [2.24, 2.45) is 11.7 Å². The van der Waals surface area contributed by atoms with E-state index in [0.29, 0.717) is 25.0 Å². The summed E-state index contributed by atoms with van der Waals surface area (Å²) in [6, 6.07) is 0. The van der Waals surface area contributed by atoms with Crippen molar-refractivity contribution < 1.29 is 9.59 Å². The molecule has 0 aromatic carbocycles. The molecule has 1 aliphatic rings. The molecule has 0 aromatic heterocycles. The van der Waals surface area contributed by atoms with Crippen molar-refractivity contribution in [1.29, 1.82) is 0 Å². The van der Waals surface area contributed by atoms with E-state index in [4.69, 9.17) is 5.73 Å². The van der Waals surface area contributed by atoms with E-state index in [2.05, 4.69) is 6.58 Å². The van der Waals surface area contributed by atoms with Gasteiger partial charge in [-0.2, -0.15) is 0 Å². The van der Waals surface area contributed by atoms with E-state index < -0.39 is 0 Å². The van der Waals surface area contributed by atoms with Crippen molar-refractivity contribution in [3.8, 4) is 0 Å². The molecule has 1 heterocycles. The Morgan fingerprint density at radius 1 is 1.50 bits per heavy atom. The quantitative estimate of drug-likeness (QED) is 0.521. The first-order valence-electron chi connectivity index (χ1n) is 4.74. The molecule has 2 amide bonds. The minimum absolute atomic E-state index is 0.108. The molecule has 78 valence electrons. The van der Waals surface area contributed by atoms with Crippen molar-refractivity contribution >= 4 is 11.8 Å². The van der Waals surface area contributed by atoms with E-state index >= 15 is 0 Å². The molecule has 1 fully saturated rings. The maximum Gasteiger partial charge on any atom is 0.229 e. The van der Waals surface area contributed by atoms with Gasteiger partial charge in [0.15, 0.2) is 0 Å². The van der Waals surface area contributed by atoms with E-state index in [0.717, 1.165) is 0 Å². The molecule has 0 aromatic rings. The first kappa shape index (κ1) is 10.9. The second-order valence-electron chi connectivity index (χ2n) is 3.84. The summed E-state index contributed by atoms with van der Waals surface area (Å²) in [6.45, 7) is 6.18. The van der Waals surface area contributed by atoms with E-state index in [1.54, 1.807) is 0 Å². The lowest BCUT2D eigenvalue weighted by Crippen LogP contribution is -2.44. The maximum atomic E-state index is 11.5. The summed E-state index contributed by atoms with van der Waals surface area (Å²) in [7, 11) is 0. The van der Waals surface area contributed by atoms with Crippen LogP contribution in [-0.2, 0) is 9.59 Å². The first-order chi connectivity index (χ1) is 6.54. The minimum Gasteiger partial charge on any atom is -0.327 e. The van der Waals surface area contributed by atoms with Crippen LogP contribution in [0, 0.1) is 5.92 Å². The summed E-state index contributed by atoms with van der Waals surface area (Å²) in [5, 5.41) is 0. The second-order valence-corrected chi connectivity index (χ2v) is 3.84. The summed E-state index contributed by atoms with van der Waals surface area (Å²) < 4.78 is 0. The molecule has 0 spiro atoms. The van der Waals surface area contributed by atoms with E-state index in [9.17, 15) is 9.59 Å². The van der Waals surface area contributed by atoms with Crippen molar-refractivity contribution in [1.82, 2.24) is 4.90 Å². The highest BCUT2D eigenvalue weighted by Gasteiger charge is 2.29. The zero-order valence-electron chi connectivity index (χ0n) is 8.45. The lowest BCUT2D eigenvalue weighted by Gasteiger charge is -2.28. The number of rotatable bonds is 3. The minimum atomic E-state index is -0.108. The third kappa shape index (κ3) is 2.42. The van der Waals surface area contributed by atoms with Crippen LogP contribution in [0.5, 0.6) is 0 Å². The van der Waals surface area contributed by atoms with Gasteiger partial charge in [-0.25, -0.2) is 0 Å². The SMILES string of the molecule is C=C(CN)CN1C(=O)CC(C)CC1=O. The van der Waals surface area contributed by atoms with Crippen LogP contribution in [0.4, 0.5) is 0 Å². The van der Waals surface area contributed by atoms with E-state index in [-0.39, 0.29) is 24.3 Å². The summed E-state index contributed by atoms with van der Waals surface area (Å²) in [5.74, 6) is -0.0518. The number of imide groups is 1. The van der Waals surface area contributed by atoms with Crippen LogP contribution in [0.15, 0.2) is 12.2 Å². The Bertz CT molecular complexity index is 255. The molecule has 4 heteroatoms. The fourth-order valence-corrected chi connectivity index (χ4v) is 1.49. The van der Waals surface area contributed by atoms with Crippen LogP contribution < -0.4 is 5.73 Å². The van der Waals surface area contributed by atoms with Gasteiger partial charge in [0.05, 0.1) is 6.54 Å². The van der Waals surface area contributed by atoms with Gasteiger partial charge in [-0.1, -0.05) is 13.5 Å². The van der Waals surface area contributed by atoms with Crippen LogP contribution in [0.25, 0.3) is 0 Å². The fourth-order valence-electron chi connectivity index (χ4n) is 1.49. The number of likely N-dealkylation sites (tertiary alicyclic amines) is 1. The molecule has 0 unspecified atom stereocenters. The summed E-state index contributed by atoms with van der Waals surface area (Å²) in [6.07, 6.45) is 0.896. The fraction of sp³-hybridized carbons (Fsp3) is 0.600. The van der Waals surface area contributed by atoms with Crippen molar-refractivity contribution in [3.63, 3.8) is 0 Å². The zero-order valence-corrected chi connectivity index (χ0v) is 8.45. The monoisotopic (exact) mass is 196 g/mol. The third-order valence-corrected chi connectivity index (χ3v) is 2.32. The molecule has 14 heavy (non-hydrogen) atoms. The molecule has 0 radical (unpaired) electrons. The highest BCUT2D eigenvalue weighted by molar-refractivity contribution is 5.98. The lowest BCUT2D eigenvalue weighted by atomic mass is 9.97. The molecule has 0 atom stereocenters. The maximum absolute atomic E-state index is 11.5. The Balaban J connectivity index is 2.63. The van der Waals surface area contributed by atoms with E-state index in [1.165, 1.54) is 4.90 Å². The van der Waals surface area contributed by atoms with E-state index in [1.807, 2.05) is 6.92 Å². The Labute approximate surface area is 83.8 Å². The Morgan fingerprint density at radius 3 is 2.43 bits per heavy atom. The van der Waals surface area contributed by atoms with Crippen LogP contribution >= 0.6 is 0 Å². The molecule has 1 saturated heterocycles. The first-order valence-corrected chi connectivity index (χ1v) is 4.74. The van der Waals surface area contributed by atoms with Gasteiger partial charge in [-0.15, -0.1) is 0 Å². The average Bonchev–Trinajstić information content (AvgIpc) is 2.10. The number of hydrogen-bond acceptors (Lipinski definition) is 3. The normalized spacial score (nSPS) is 18.9. The molecule has 0 bridgehead atoms. The van der Waals surface area contributed by atoms with Gasteiger partial charge in [0.25, 0.3) is 0 Å². The van der Waals surface area contributed by atoms with Gasteiger partial charge in [0, 0.05) is 19.4 Å². The van der Waals surface area contributed by atoms with Gasteiger partial charge >= 0.3 is 0 Å². The Hall–Kier alpha value is -1.16. The Kier molecular flexibility index (Phi) is 3.41. The van der Waals surface area contributed by atoms with Crippen molar-refractivity contribution in [3.05, 3.63) is 12.2 Å². The molecule has 2 N–H and O–H groups in total. The standard InChI is InChI=1S/C10H16N2O2/c1-7-3-9(13)12(10(14)4-7)6-8(2)5-11/h7H,2-6,11H2,1H3. The van der Waals surface area contributed by atoms with Crippen LogP contribution in [0.1, 0.15) is 19.8 Å². The number of nitrogens with zero attached hydrogens (tertiary/aromatic N) is 1. The number of nitrogens with two attached hydrogens (primary N) is 1. The zero-order chi connectivity index (χ0) is 10.7. The topological polar surface area (TPSA) is 63.4 Å². The summed E-state index contributed by atoms with van der Waals surface area (Å²) >= 11 is 0. The summed E-state index contributed by atoms with van der Waals surface area (Å²) in [5.41, 5.74) is 6.07. The molecule has 0 aliphatic carbocycles. The lowest BCUT2D eigenvalue weighted by molar-refractivity contribution is -0.149. The van der Waals surface area contributed by atoms with Gasteiger partial charge in [-0.3, -0.25) is 14.5 Å². The average molecular weight is 196 g/mol. The highest BCUT2D eigenvalue weighted by Crippen LogP contribution is 2.19. The molecule has 1 aliphatic heterocycles. The predicted molar refractivity (Wildman–Crippen MR) is 53.3 cm³/mol. The van der Waals surface area contributed by atoms with Crippen molar-refractivity contribution in [2.75, 3.05) is 13.1 Å². The van der Waals surface area contributed by atoms with Crippen LogP contribution in [0.2, 0.25) is 0 Å². The largest absolute Gasteiger partial charge is 0.327 e. The number of carbonyl (C=O) groups is 2.